The van der Waals surface area contributed by atoms with Gasteiger partial charge in [-0.3, -0.25) is 0 Å². The smallest absolute Gasteiger partial charge is 0.403 e. The zero-order chi connectivity index (χ0) is 27.0. The third-order valence-electron chi connectivity index (χ3n) is 7.94. The molecule has 0 aromatic heterocycles. The first-order valence-electron chi connectivity index (χ1n) is 12.6. The average Bonchev–Trinajstić information content (AvgIpc) is 2.84. The van der Waals surface area contributed by atoms with E-state index in [1.54, 1.807) is 0 Å². The molecule has 0 aliphatic heterocycles. The van der Waals surface area contributed by atoms with Crippen LogP contribution >= 0.6 is 0 Å². The molecule has 2 nitrogen and oxygen atoms in total. The lowest BCUT2D eigenvalue weighted by molar-refractivity contribution is -0.304. The first kappa shape index (κ1) is 27.3. The Labute approximate surface area is 212 Å². The molecule has 0 amide bonds. The number of nitrogens with two attached hydrogens (primary N) is 1. The molecule has 2 N–H and O–H groups in total. The van der Waals surface area contributed by atoms with E-state index >= 15 is 0 Å². The Morgan fingerprint density at radius 2 is 1.54 bits per heavy atom. The first-order valence-corrected chi connectivity index (χ1v) is 12.6. The Morgan fingerprint density at radius 3 is 2.05 bits per heavy atom. The zero-order valence-electron chi connectivity index (χ0n) is 20.9. The van der Waals surface area contributed by atoms with Gasteiger partial charge in [-0.1, -0.05) is 31.2 Å². The van der Waals surface area contributed by atoms with Gasteiger partial charge in [-0.15, -0.1) is 13.2 Å². The van der Waals surface area contributed by atoms with Crippen LogP contribution in [0.15, 0.2) is 59.7 Å². The SMILES string of the molecule is CCC(C)(N)C1CCC(C2=CCC(=c3cc(F)c(=C4C=CC(OC(F)(F)F)=C(F)C4)c(F)c3)C=C2)CC1. The van der Waals surface area contributed by atoms with Crippen molar-refractivity contribution in [2.24, 2.45) is 17.6 Å². The van der Waals surface area contributed by atoms with Gasteiger partial charge in [-0.2, -0.15) is 0 Å². The topological polar surface area (TPSA) is 35.2 Å². The molecule has 8 heteroatoms. The van der Waals surface area contributed by atoms with Gasteiger partial charge in [0.05, 0.1) is 0 Å². The summed E-state index contributed by atoms with van der Waals surface area (Å²) in [6, 6.07) is 2.36. The summed E-state index contributed by atoms with van der Waals surface area (Å²) in [6.45, 7) is 4.25. The fraction of sp³-hybridized carbons (Fsp3) is 0.448. The maximum Gasteiger partial charge on any atom is 0.573 e. The molecule has 1 aromatic carbocycles. The molecule has 0 saturated heterocycles. The molecular weight excluding hydrogens is 492 g/mol. The van der Waals surface area contributed by atoms with Crippen molar-refractivity contribution < 1.29 is 31.1 Å². The van der Waals surface area contributed by atoms with Crippen LogP contribution < -0.4 is 16.2 Å². The maximum absolute atomic E-state index is 15.0. The predicted molar refractivity (Wildman–Crippen MR) is 132 cm³/mol. The van der Waals surface area contributed by atoms with Crippen LogP contribution in [0.25, 0.3) is 11.1 Å². The van der Waals surface area contributed by atoms with Crippen molar-refractivity contribution in [3.63, 3.8) is 0 Å². The van der Waals surface area contributed by atoms with E-state index in [9.17, 15) is 26.3 Å². The molecule has 1 atom stereocenters. The molecule has 0 bridgehead atoms. The summed E-state index contributed by atoms with van der Waals surface area (Å²) in [5.74, 6) is -3.12. The number of alkyl halides is 3. The molecule has 0 radical (unpaired) electrons. The highest BCUT2D eigenvalue weighted by molar-refractivity contribution is 5.65. The summed E-state index contributed by atoms with van der Waals surface area (Å²) >= 11 is 0. The van der Waals surface area contributed by atoms with E-state index in [-0.39, 0.29) is 11.1 Å². The highest BCUT2D eigenvalue weighted by Gasteiger charge is 2.34. The number of hydrogen-bond donors (Lipinski definition) is 1. The number of benzene rings is 1. The third-order valence-corrected chi connectivity index (χ3v) is 7.94. The molecule has 0 heterocycles. The molecule has 0 spiro atoms. The van der Waals surface area contributed by atoms with E-state index in [2.05, 4.69) is 24.7 Å². The van der Waals surface area contributed by atoms with Gasteiger partial charge in [0.25, 0.3) is 0 Å². The highest BCUT2D eigenvalue weighted by Crippen LogP contribution is 2.40. The average molecular weight is 524 g/mol. The Kier molecular flexibility index (Phi) is 7.79. The van der Waals surface area contributed by atoms with Crippen LogP contribution in [0.1, 0.15) is 58.8 Å². The number of hydrogen-bond acceptors (Lipinski definition) is 2. The van der Waals surface area contributed by atoms with Crippen molar-refractivity contribution in [1.29, 1.82) is 0 Å². The largest absolute Gasteiger partial charge is 0.573 e. The van der Waals surface area contributed by atoms with E-state index in [1.807, 2.05) is 12.2 Å². The van der Waals surface area contributed by atoms with Gasteiger partial charge in [-0.05, 0) is 97.4 Å². The lowest BCUT2D eigenvalue weighted by Crippen LogP contribution is -2.45. The van der Waals surface area contributed by atoms with E-state index in [0.717, 1.165) is 49.8 Å². The summed E-state index contributed by atoms with van der Waals surface area (Å²) in [4.78, 5) is 0. The fourth-order valence-electron chi connectivity index (χ4n) is 5.48. The van der Waals surface area contributed by atoms with Gasteiger partial charge >= 0.3 is 6.36 Å². The third kappa shape index (κ3) is 6.22. The van der Waals surface area contributed by atoms with E-state index in [1.165, 1.54) is 17.7 Å². The molecular formula is C29H31F6NO. The van der Waals surface area contributed by atoms with Crippen LogP contribution in [-0.4, -0.2) is 11.9 Å². The Balaban J connectivity index is 1.52. The number of allylic oxidation sites excluding steroid dienone is 7. The Bertz CT molecular complexity index is 1260. The van der Waals surface area contributed by atoms with Crippen LogP contribution in [0.4, 0.5) is 26.3 Å². The van der Waals surface area contributed by atoms with E-state index < -0.39 is 41.2 Å². The summed E-state index contributed by atoms with van der Waals surface area (Å²) in [6.07, 6.45) is 7.75. The van der Waals surface area contributed by atoms with Crippen molar-refractivity contribution in [2.75, 3.05) is 0 Å². The van der Waals surface area contributed by atoms with Gasteiger partial charge in [0.2, 0.25) is 0 Å². The lowest BCUT2D eigenvalue weighted by Gasteiger charge is -2.39. The van der Waals surface area contributed by atoms with Gasteiger partial charge in [0.1, 0.15) is 17.5 Å². The van der Waals surface area contributed by atoms with Crippen LogP contribution in [0.3, 0.4) is 0 Å². The van der Waals surface area contributed by atoms with Crippen molar-refractivity contribution in [2.45, 2.75) is 70.7 Å². The fourth-order valence-corrected chi connectivity index (χ4v) is 5.48. The second-order valence-electron chi connectivity index (χ2n) is 10.3. The molecule has 3 aliphatic rings. The second kappa shape index (κ2) is 10.6. The monoisotopic (exact) mass is 523 g/mol. The number of halogens is 6. The van der Waals surface area contributed by atoms with Gasteiger partial charge < -0.3 is 10.5 Å². The van der Waals surface area contributed by atoms with Crippen LogP contribution in [-0.2, 0) is 4.74 Å². The lowest BCUT2D eigenvalue weighted by atomic mass is 9.70. The molecule has 4 rings (SSSR count). The van der Waals surface area contributed by atoms with Crippen molar-refractivity contribution >= 4 is 11.1 Å². The van der Waals surface area contributed by atoms with Crippen LogP contribution in [0.2, 0.25) is 0 Å². The minimum atomic E-state index is -5.06. The summed E-state index contributed by atoms with van der Waals surface area (Å²) < 4.78 is 84.8. The van der Waals surface area contributed by atoms with Gasteiger partial charge in [0, 0.05) is 17.2 Å². The van der Waals surface area contributed by atoms with Crippen molar-refractivity contribution in [3.8, 4) is 0 Å². The van der Waals surface area contributed by atoms with Gasteiger partial charge in [0.15, 0.2) is 5.76 Å². The van der Waals surface area contributed by atoms with E-state index in [0.29, 0.717) is 23.5 Å². The van der Waals surface area contributed by atoms with Crippen molar-refractivity contribution in [3.05, 3.63) is 81.7 Å². The Morgan fingerprint density at radius 1 is 0.919 bits per heavy atom. The molecule has 3 aliphatic carbocycles. The molecule has 1 fully saturated rings. The normalized spacial score (nSPS) is 24.3. The maximum atomic E-state index is 15.0. The molecule has 1 aromatic rings. The molecule has 1 unspecified atom stereocenters. The number of rotatable bonds is 4. The minimum absolute atomic E-state index is 0.104. The first-order chi connectivity index (χ1) is 17.4. The summed E-state index contributed by atoms with van der Waals surface area (Å²) in [5, 5.41) is -0.0954. The van der Waals surface area contributed by atoms with E-state index in [4.69, 9.17) is 5.73 Å². The Hall–Kier alpha value is -2.74. The highest BCUT2D eigenvalue weighted by atomic mass is 19.4. The summed E-state index contributed by atoms with van der Waals surface area (Å²) in [7, 11) is 0. The predicted octanol–water partition coefficient (Wildman–Crippen LogP) is 6.76. The molecule has 1 saturated carbocycles. The standard InChI is InChI=1S/C29H31F6NO/c1-3-28(2,36)22-11-8-18(9-12-22)17-4-6-19(7-5-17)21-15-24(31)27(25(32)16-21)20-10-13-26(23(30)14-20)37-29(33,34)35/h4-6,10,13,15-16,18,22H,3,7-9,11-12,14,36H2,1-2H3. The summed E-state index contributed by atoms with van der Waals surface area (Å²) in [5.41, 5.74) is 8.18. The van der Waals surface area contributed by atoms with Crippen molar-refractivity contribution in [1.82, 2.24) is 0 Å². The molecule has 37 heavy (non-hydrogen) atoms. The second-order valence-corrected chi connectivity index (χ2v) is 10.3. The van der Waals surface area contributed by atoms with Crippen LogP contribution in [0.5, 0.6) is 0 Å². The zero-order valence-corrected chi connectivity index (χ0v) is 20.9. The van der Waals surface area contributed by atoms with Crippen LogP contribution in [0, 0.1) is 23.5 Å². The quantitative estimate of drug-likeness (QED) is 0.443. The van der Waals surface area contributed by atoms with Gasteiger partial charge in [-0.25, -0.2) is 13.2 Å². The minimum Gasteiger partial charge on any atom is -0.403 e. The molecule has 200 valence electrons. The number of ether oxygens (including phenoxy) is 1.